The third kappa shape index (κ3) is 2.53. The number of fused-ring (bicyclic) bond motifs is 3. The van der Waals surface area contributed by atoms with E-state index in [0.717, 1.165) is 61.0 Å². The number of piperidine rings is 1. The monoisotopic (exact) mass is 327 g/mol. The lowest BCUT2D eigenvalue weighted by Crippen LogP contribution is -2.33. The summed E-state index contributed by atoms with van der Waals surface area (Å²) in [5.74, 6) is 0.992. The van der Waals surface area contributed by atoms with Crippen molar-refractivity contribution in [3.63, 3.8) is 0 Å². The maximum absolute atomic E-state index is 12.2. The van der Waals surface area contributed by atoms with Gasteiger partial charge in [-0.15, -0.1) is 0 Å². The van der Waals surface area contributed by atoms with Crippen LogP contribution in [0.3, 0.4) is 0 Å². The van der Waals surface area contributed by atoms with E-state index < -0.39 is 0 Å². The molecule has 0 bridgehead atoms. The third-order valence-corrected chi connectivity index (χ3v) is 5.68. The van der Waals surface area contributed by atoms with Crippen LogP contribution in [-0.4, -0.2) is 23.1 Å². The number of hydrogen-bond acceptors (Lipinski definition) is 4. The van der Waals surface area contributed by atoms with Crippen LogP contribution in [-0.2, 0) is 19.4 Å². The molecule has 1 fully saturated rings. The van der Waals surface area contributed by atoms with Gasteiger partial charge in [0.1, 0.15) is 11.3 Å². The van der Waals surface area contributed by atoms with Crippen molar-refractivity contribution < 1.29 is 9.52 Å². The summed E-state index contributed by atoms with van der Waals surface area (Å²) in [5, 5.41) is 11.7. The zero-order valence-electron chi connectivity index (χ0n) is 14.5. The Hall–Kier alpha value is -1.81. The number of phenols is 1. The van der Waals surface area contributed by atoms with E-state index in [2.05, 4.69) is 17.9 Å². The van der Waals surface area contributed by atoms with Gasteiger partial charge in [0.05, 0.1) is 0 Å². The average molecular weight is 327 g/mol. The summed E-state index contributed by atoms with van der Waals surface area (Å²) >= 11 is 0. The first-order chi connectivity index (χ1) is 11.5. The van der Waals surface area contributed by atoms with Crippen molar-refractivity contribution in [3.05, 3.63) is 38.7 Å². The van der Waals surface area contributed by atoms with Crippen molar-refractivity contribution in [3.8, 4) is 5.75 Å². The van der Waals surface area contributed by atoms with Crippen molar-refractivity contribution in [1.29, 1.82) is 0 Å². The maximum Gasteiger partial charge on any atom is 0.339 e. The van der Waals surface area contributed by atoms with Crippen LogP contribution in [0.5, 0.6) is 5.75 Å². The van der Waals surface area contributed by atoms with Crippen molar-refractivity contribution in [2.45, 2.75) is 52.5 Å². The second-order valence-corrected chi connectivity index (χ2v) is 7.57. The molecule has 0 amide bonds. The first-order valence-electron chi connectivity index (χ1n) is 9.07. The Morgan fingerprint density at radius 3 is 2.88 bits per heavy atom. The van der Waals surface area contributed by atoms with Gasteiger partial charge in [-0.2, -0.15) is 0 Å². The number of rotatable bonds is 2. The van der Waals surface area contributed by atoms with Gasteiger partial charge >= 0.3 is 5.63 Å². The number of phenolic OH excluding ortho intramolecular Hbond substituents is 1. The topological polar surface area (TPSA) is 53.7 Å². The van der Waals surface area contributed by atoms with Gasteiger partial charge in [0.15, 0.2) is 0 Å². The van der Waals surface area contributed by atoms with Crippen LogP contribution in [0.4, 0.5) is 0 Å². The van der Waals surface area contributed by atoms with Crippen molar-refractivity contribution in [2.75, 3.05) is 13.1 Å². The first kappa shape index (κ1) is 15.7. The van der Waals surface area contributed by atoms with Crippen molar-refractivity contribution in [1.82, 2.24) is 4.90 Å². The van der Waals surface area contributed by atoms with E-state index in [9.17, 15) is 9.90 Å². The highest BCUT2D eigenvalue weighted by molar-refractivity contribution is 5.87. The predicted octanol–water partition coefficient (Wildman–Crippen LogP) is 3.53. The molecule has 1 aliphatic carbocycles. The zero-order chi connectivity index (χ0) is 16.8. The molecule has 1 aromatic carbocycles. The summed E-state index contributed by atoms with van der Waals surface area (Å²) < 4.78 is 5.55. The summed E-state index contributed by atoms with van der Waals surface area (Å²) in [4.78, 5) is 14.6. The van der Waals surface area contributed by atoms with Crippen LogP contribution < -0.4 is 5.63 Å². The molecule has 0 saturated carbocycles. The molecule has 1 aliphatic heterocycles. The second-order valence-electron chi connectivity index (χ2n) is 7.57. The minimum Gasteiger partial charge on any atom is -0.507 e. The highest BCUT2D eigenvalue weighted by Crippen LogP contribution is 2.36. The van der Waals surface area contributed by atoms with Crippen LogP contribution in [0.1, 0.15) is 48.4 Å². The number of aryl methyl sites for hydroxylation is 2. The fourth-order valence-electron chi connectivity index (χ4n) is 4.43. The molecule has 2 aliphatic rings. The van der Waals surface area contributed by atoms with Crippen LogP contribution in [0, 0.1) is 12.8 Å². The minimum absolute atomic E-state index is 0.227. The highest BCUT2D eigenvalue weighted by atomic mass is 16.4. The zero-order valence-corrected chi connectivity index (χ0v) is 14.5. The molecule has 0 radical (unpaired) electrons. The molecule has 1 N–H and O–H groups in total. The number of hydrogen-bond donors (Lipinski definition) is 1. The third-order valence-electron chi connectivity index (χ3n) is 5.68. The van der Waals surface area contributed by atoms with Gasteiger partial charge in [-0.25, -0.2) is 4.79 Å². The lowest BCUT2D eigenvalue weighted by Gasteiger charge is -2.31. The van der Waals surface area contributed by atoms with Gasteiger partial charge in [0.25, 0.3) is 0 Å². The first-order valence-corrected chi connectivity index (χ1v) is 9.07. The van der Waals surface area contributed by atoms with E-state index in [-0.39, 0.29) is 11.4 Å². The van der Waals surface area contributed by atoms with Crippen LogP contribution in [0.2, 0.25) is 0 Å². The number of benzene rings is 1. The molecule has 1 atom stereocenters. The summed E-state index contributed by atoms with van der Waals surface area (Å²) in [6, 6.07) is 2.06. The Morgan fingerprint density at radius 2 is 2.08 bits per heavy atom. The maximum atomic E-state index is 12.2. The number of likely N-dealkylation sites (tertiary alicyclic amines) is 1. The van der Waals surface area contributed by atoms with E-state index in [1.807, 2.05) is 6.92 Å². The van der Waals surface area contributed by atoms with Gasteiger partial charge in [0.2, 0.25) is 0 Å². The smallest absolute Gasteiger partial charge is 0.339 e. The highest BCUT2D eigenvalue weighted by Gasteiger charge is 2.24. The summed E-state index contributed by atoms with van der Waals surface area (Å²) in [5.41, 5.74) is 3.96. The average Bonchev–Trinajstić information content (AvgIpc) is 3.04. The van der Waals surface area contributed by atoms with Crippen LogP contribution >= 0.6 is 0 Å². The Kier molecular flexibility index (Phi) is 3.87. The quantitative estimate of drug-likeness (QED) is 0.858. The lowest BCUT2D eigenvalue weighted by atomic mass is 9.97. The summed E-state index contributed by atoms with van der Waals surface area (Å²) in [6.07, 6.45) is 5.27. The lowest BCUT2D eigenvalue weighted by molar-refractivity contribution is 0.175. The van der Waals surface area contributed by atoms with E-state index in [1.54, 1.807) is 0 Å². The SMILES string of the molecule is Cc1c(O)c(CN2CCC[C@@H](C)C2)cc2c3c(c(=O)oc12)CCC3. The fraction of sp³-hybridized carbons (Fsp3) is 0.550. The molecular formula is C20H25NO3. The van der Waals surface area contributed by atoms with E-state index in [0.29, 0.717) is 17.1 Å². The molecule has 0 spiro atoms. The fourth-order valence-corrected chi connectivity index (χ4v) is 4.43. The van der Waals surface area contributed by atoms with Crippen molar-refractivity contribution >= 4 is 11.0 Å². The molecule has 1 aromatic heterocycles. The van der Waals surface area contributed by atoms with Gasteiger partial charge < -0.3 is 9.52 Å². The molecule has 1 saturated heterocycles. The number of aromatic hydroxyl groups is 1. The van der Waals surface area contributed by atoms with Crippen LogP contribution in [0.15, 0.2) is 15.3 Å². The molecule has 4 heteroatoms. The molecular weight excluding hydrogens is 302 g/mol. The Bertz CT molecular complexity index is 852. The Morgan fingerprint density at radius 1 is 1.29 bits per heavy atom. The van der Waals surface area contributed by atoms with E-state index in [1.165, 1.54) is 12.8 Å². The van der Waals surface area contributed by atoms with Gasteiger partial charge in [-0.1, -0.05) is 6.92 Å². The second kappa shape index (κ2) is 5.92. The summed E-state index contributed by atoms with van der Waals surface area (Å²) in [7, 11) is 0. The molecule has 2 aromatic rings. The normalized spacial score (nSPS) is 21.3. The van der Waals surface area contributed by atoms with Crippen LogP contribution in [0.25, 0.3) is 11.0 Å². The summed E-state index contributed by atoms with van der Waals surface area (Å²) in [6.45, 7) is 7.08. The standard InChI is InChI=1S/C20H25NO3/c1-12-5-4-8-21(10-12)11-14-9-17-15-6-3-7-16(15)20(23)24-19(17)13(2)18(14)22/h9,12,22H,3-8,10-11H2,1-2H3/t12-/m1/s1. The van der Waals surface area contributed by atoms with Gasteiger partial charge in [-0.3, -0.25) is 4.90 Å². The molecule has 2 heterocycles. The van der Waals surface area contributed by atoms with E-state index in [4.69, 9.17) is 4.42 Å². The molecule has 4 rings (SSSR count). The Labute approximate surface area is 142 Å². The largest absolute Gasteiger partial charge is 0.507 e. The predicted molar refractivity (Wildman–Crippen MR) is 94.6 cm³/mol. The van der Waals surface area contributed by atoms with Gasteiger partial charge in [-0.05, 0) is 63.1 Å². The molecule has 24 heavy (non-hydrogen) atoms. The Balaban J connectivity index is 1.80. The molecule has 4 nitrogen and oxygen atoms in total. The van der Waals surface area contributed by atoms with Crippen molar-refractivity contribution in [2.24, 2.45) is 5.92 Å². The van der Waals surface area contributed by atoms with Gasteiger partial charge in [0, 0.05) is 35.2 Å². The minimum atomic E-state index is -0.227. The van der Waals surface area contributed by atoms with E-state index >= 15 is 0 Å². The molecule has 0 unspecified atom stereocenters. The number of nitrogens with zero attached hydrogens (tertiary/aromatic N) is 1. The molecule has 128 valence electrons.